The SMILES string of the molecule is COc1ccc(N2CCN(CCCNC(=O)COc3ccc(C)cc3C)CC2)cc1. The average molecular weight is 412 g/mol. The molecule has 0 radical (unpaired) electrons. The number of methoxy groups -OCH3 is 1. The summed E-state index contributed by atoms with van der Waals surface area (Å²) in [6.45, 7) is 9.88. The molecule has 2 aromatic carbocycles. The number of amides is 1. The van der Waals surface area contributed by atoms with E-state index in [0.29, 0.717) is 6.54 Å². The predicted molar refractivity (Wildman–Crippen MR) is 121 cm³/mol. The molecule has 1 amide bonds. The molecule has 1 heterocycles. The minimum atomic E-state index is -0.0701. The van der Waals surface area contributed by atoms with Gasteiger partial charge in [0.25, 0.3) is 5.91 Å². The number of carbonyl (C=O) groups is 1. The molecule has 0 saturated carbocycles. The molecule has 0 unspecified atom stereocenters. The molecule has 0 aliphatic carbocycles. The van der Waals surface area contributed by atoms with Crippen LogP contribution in [0, 0.1) is 13.8 Å². The summed E-state index contributed by atoms with van der Waals surface area (Å²) < 4.78 is 10.9. The van der Waals surface area contributed by atoms with Gasteiger partial charge in [0, 0.05) is 38.4 Å². The maximum Gasteiger partial charge on any atom is 0.257 e. The first-order chi connectivity index (χ1) is 14.5. The highest BCUT2D eigenvalue weighted by Gasteiger charge is 2.17. The third-order valence-electron chi connectivity index (χ3n) is 5.47. The highest BCUT2D eigenvalue weighted by atomic mass is 16.5. The fourth-order valence-corrected chi connectivity index (χ4v) is 3.71. The van der Waals surface area contributed by atoms with Crippen molar-refractivity contribution < 1.29 is 14.3 Å². The molecule has 6 nitrogen and oxygen atoms in total. The van der Waals surface area contributed by atoms with Crippen LogP contribution in [0.15, 0.2) is 42.5 Å². The molecule has 2 aromatic rings. The van der Waals surface area contributed by atoms with Gasteiger partial charge in [0.2, 0.25) is 0 Å². The minimum absolute atomic E-state index is 0.0600. The number of piperazine rings is 1. The second-order valence-electron chi connectivity index (χ2n) is 7.79. The number of rotatable bonds is 9. The van der Waals surface area contributed by atoms with Crippen LogP contribution in [0.5, 0.6) is 11.5 Å². The van der Waals surface area contributed by atoms with Crippen LogP contribution in [0.3, 0.4) is 0 Å². The Morgan fingerprint density at radius 1 is 1.03 bits per heavy atom. The highest BCUT2D eigenvalue weighted by molar-refractivity contribution is 5.77. The summed E-state index contributed by atoms with van der Waals surface area (Å²) in [4.78, 5) is 16.9. The lowest BCUT2D eigenvalue weighted by Crippen LogP contribution is -2.47. The van der Waals surface area contributed by atoms with Crippen molar-refractivity contribution in [2.24, 2.45) is 0 Å². The zero-order valence-corrected chi connectivity index (χ0v) is 18.3. The number of ether oxygens (including phenoxy) is 2. The summed E-state index contributed by atoms with van der Waals surface area (Å²) in [5, 5.41) is 2.96. The van der Waals surface area contributed by atoms with E-state index in [1.807, 2.05) is 38.1 Å². The summed E-state index contributed by atoms with van der Waals surface area (Å²) in [6.07, 6.45) is 0.942. The van der Waals surface area contributed by atoms with E-state index in [0.717, 1.165) is 56.2 Å². The summed E-state index contributed by atoms with van der Waals surface area (Å²) in [5.41, 5.74) is 3.48. The fourth-order valence-electron chi connectivity index (χ4n) is 3.71. The molecule has 6 heteroatoms. The molecule has 1 fully saturated rings. The number of anilines is 1. The van der Waals surface area contributed by atoms with Crippen molar-refractivity contribution in [2.45, 2.75) is 20.3 Å². The van der Waals surface area contributed by atoms with Gasteiger partial charge in [-0.05, 0) is 62.7 Å². The number of nitrogens with zero attached hydrogens (tertiary/aromatic N) is 2. The number of carbonyl (C=O) groups excluding carboxylic acids is 1. The molecule has 0 aromatic heterocycles. The molecule has 162 valence electrons. The molecule has 0 bridgehead atoms. The van der Waals surface area contributed by atoms with Crippen LogP contribution >= 0.6 is 0 Å². The molecule has 1 aliphatic heterocycles. The third kappa shape index (κ3) is 6.39. The van der Waals surface area contributed by atoms with Crippen LogP contribution < -0.4 is 19.7 Å². The lowest BCUT2D eigenvalue weighted by atomic mass is 10.1. The van der Waals surface area contributed by atoms with E-state index in [1.165, 1.54) is 11.3 Å². The Bertz CT molecular complexity index is 815. The van der Waals surface area contributed by atoms with Gasteiger partial charge in [0.05, 0.1) is 7.11 Å². The van der Waals surface area contributed by atoms with E-state index >= 15 is 0 Å². The number of nitrogens with one attached hydrogen (secondary N) is 1. The first-order valence-corrected chi connectivity index (χ1v) is 10.6. The molecule has 3 rings (SSSR count). The van der Waals surface area contributed by atoms with Crippen molar-refractivity contribution in [2.75, 3.05) is 57.9 Å². The lowest BCUT2D eigenvalue weighted by molar-refractivity contribution is -0.123. The van der Waals surface area contributed by atoms with E-state index in [4.69, 9.17) is 9.47 Å². The largest absolute Gasteiger partial charge is 0.497 e. The monoisotopic (exact) mass is 411 g/mol. The third-order valence-corrected chi connectivity index (χ3v) is 5.47. The Morgan fingerprint density at radius 3 is 2.43 bits per heavy atom. The van der Waals surface area contributed by atoms with Gasteiger partial charge in [-0.2, -0.15) is 0 Å². The molecule has 1 N–H and O–H groups in total. The van der Waals surface area contributed by atoms with Crippen LogP contribution in [-0.2, 0) is 4.79 Å². The van der Waals surface area contributed by atoms with E-state index < -0.39 is 0 Å². The van der Waals surface area contributed by atoms with E-state index in [1.54, 1.807) is 7.11 Å². The Labute approximate surface area is 179 Å². The number of benzene rings is 2. The molecule has 0 spiro atoms. The first kappa shape index (κ1) is 22.0. The Hall–Kier alpha value is -2.73. The summed E-state index contributed by atoms with van der Waals surface area (Å²) in [7, 11) is 1.69. The molecule has 1 aliphatic rings. The van der Waals surface area contributed by atoms with Crippen molar-refractivity contribution in [1.29, 1.82) is 0 Å². The van der Waals surface area contributed by atoms with Crippen molar-refractivity contribution in [3.8, 4) is 11.5 Å². The standard InChI is InChI=1S/C24H33N3O3/c1-19-5-10-23(20(2)17-19)30-18-24(28)25-11-4-12-26-13-15-27(16-14-26)21-6-8-22(29-3)9-7-21/h5-10,17H,4,11-16,18H2,1-3H3,(H,25,28). The van der Waals surface area contributed by atoms with E-state index in [2.05, 4.69) is 33.3 Å². The Morgan fingerprint density at radius 2 is 1.77 bits per heavy atom. The van der Waals surface area contributed by atoms with Gasteiger partial charge >= 0.3 is 0 Å². The smallest absolute Gasteiger partial charge is 0.257 e. The van der Waals surface area contributed by atoms with Gasteiger partial charge in [-0.1, -0.05) is 17.7 Å². The van der Waals surface area contributed by atoms with Crippen molar-refractivity contribution in [3.63, 3.8) is 0 Å². The fraction of sp³-hybridized carbons (Fsp3) is 0.458. The van der Waals surface area contributed by atoms with Crippen molar-refractivity contribution >= 4 is 11.6 Å². The lowest BCUT2D eigenvalue weighted by Gasteiger charge is -2.36. The summed E-state index contributed by atoms with van der Waals surface area (Å²) in [6, 6.07) is 14.2. The van der Waals surface area contributed by atoms with Crippen LogP contribution in [0.4, 0.5) is 5.69 Å². The molecule has 0 atom stereocenters. The summed E-state index contributed by atoms with van der Waals surface area (Å²) >= 11 is 0. The second-order valence-corrected chi connectivity index (χ2v) is 7.79. The van der Waals surface area contributed by atoms with Crippen LogP contribution in [0.25, 0.3) is 0 Å². The molecular formula is C24H33N3O3. The summed E-state index contributed by atoms with van der Waals surface area (Å²) in [5.74, 6) is 1.59. The van der Waals surface area contributed by atoms with Gasteiger partial charge in [-0.15, -0.1) is 0 Å². The number of hydrogen-bond donors (Lipinski definition) is 1. The van der Waals surface area contributed by atoms with Gasteiger partial charge in [0.1, 0.15) is 11.5 Å². The molecule has 30 heavy (non-hydrogen) atoms. The zero-order valence-electron chi connectivity index (χ0n) is 18.3. The van der Waals surface area contributed by atoms with Crippen LogP contribution in [0.1, 0.15) is 17.5 Å². The van der Waals surface area contributed by atoms with E-state index in [-0.39, 0.29) is 12.5 Å². The van der Waals surface area contributed by atoms with E-state index in [9.17, 15) is 4.79 Å². The van der Waals surface area contributed by atoms with Gasteiger partial charge in [-0.3, -0.25) is 9.69 Å². The topological polar surface area (TPSA) is 54.0 Å². The normalized spacial score (nSPS) is 14.4. The minimum Gasteiger partial charge on any atom is -0.497 e. The maximum atomic E-state index is 12.0. The quantitative estimate of drug-likeness (QED) is 0.643. The molecule has 1 saturated heterocycles. The second kappa shape index (κ2) is 10.9. The van der Waals surface area contributed by atoms with Crippen molar-refractivity contribution in [1.82, 2.24) is 10.2 Å². The Kier molecular flexibility index (Phi) is 7.97. The Balaban J connectivity index is 1.29. The predicted octanol–water partition coefficient (Wildman–Crippen LogP) is 3.02. The number of aryl methyl sites for hydroxylation is 2. The van der Waals surface area contributed by atoms with Crippen LogP contribution in [-0.4, -0.2) is 63.8 Å². The average Bonchev–Trinajstić information content (AvgIpc) is 2.76. The first-order valence-electron chi connectivity index (χ1n) is 10.6. The van der Waals surface area contributed by atoms with Gasteiger partial charge in [-0.25, -0.2) is 0 Å². The highest BCUT2D eigenvalue weighted by Crippen LogP contribution is 2.20. The zero-order chi connectivity index (χ0) is 21.3. The molecular weight excluding hydrogens is 378 g/mol. The van der Waals surface area contributed by atoms with Gasteiger partial charge < -0.3 is 19.7 Å². The maximum absolute atomic E-state index is 12.0. The number of hydrogen-bond acceptors (Lipinski definition) is 5. The van der Waals surface area contributed by atoms with Crippen LogP contribution in [0.2, 0.25) is 0 Å². The van der Waals surface area contributed by atoms with Gasteiger partial charge in [0.15, 0.2) is 6.61 Å². The van der Waals surface area contributed by atoms with Crippen molar-refractivity contribution in [3.05, 3.63) is 53.6 Å².